The fourth-order valence-corrected chi connectivity index (χ4v) is 4.00. The number of carbonyl (C=O) groups excluding carboxylic acids is 1. The topological polar surface area (TPSA) is 73.1 Å². The van der Waals surface area contributed by atoms with Crippen LogP contribution in [-0.2, 0) is 18.2 Å². The van der Waals surface area contributed by atoms with Crippen molar-refractivity contribution in [3.8, 4) is 0 Å². The summed E-state index contributed by atoms with van der Waals surface area (Å²) >= 11 is 0. The van der Waals surface area contributed by atoms with Crippen LogP contribution in [0.25, 0.3) is 0 Å². The molecule has 0 unspecified atom stereocenters. The summed E-state index contributed by atoms with van der Waals surface area (Å²) in [6.07, 6.45) is 11.1. The van der Waals surface area contributed by atoms with Crippen LogP contribution in [0.4, 0.5) is 0 Å². The van der Waals surface area contributed by atoms with Crippen LogP contribution in [0.3, 0.4) is 0 Å². The zero-order valence-electron chi connectivity index (χ0n) is 14.5. The third-order valence-corrected chi connectivity index (χ3v) is 5.51. The highest BCUT2D eigenvalue weighted by molar-refractivity contribution is 5.92. The molecule has 2 aromatic heterocycles. The minimum absolute atomic E-state index is 0.0757. The second-order valence-corrected chi connectivity index (χ2v) is 7.22. The van der Waals surface area contributed by atoms with Crippen molar-refractivity contribution < 1.29 is 9.53 Å². The molecule has 2 saturated heterocycles. The first-order valence-corrected chi connectivity index (χ1v) is 8.78. The molecule has 2 aromatic rings. The molecular weight excluding hydrogens is 318 g/mol. The van der Waals surface area contributed by atoms with Gasteiger partial charge in [-0.3, -0.25) is 9.48 Å². The molecule has 0 saturated carbocycles. The van der Waals surface area contributed by atoms with E-state index in [9.17, 15) is 4.79 Å². The van der Waals surface area contributed by atoms with Crippen LogP contribution in [0.1, 0.15) is 35.3 Å². The van der Waals surface area contributed by atoms with E-state index in [1.165, 1.54) is 0 Å². The van der Waals surface area contributed by atoms with Gasteiger partial charge >= 0.3 is 0 Å². The molecule has 1 spiro atoms. The summed E-state index contributed by atoms with van der Waals surface area (Å²) in [5.74, 6) is 0.0757. The molecule has 1 amide bonds. The summed E-state index contributed by atoms with van der Waals surface area (Å²) in [5, 5.41) is 4.09. The molecule has 0 radical (unpaired) electrons. The minimum atomic E-state index is 0.0757. The Bertz CT molecular complexity index is 737. The van der Waals surface area contributed by atoms with Crippen LogP contribution < -0.4 is 0 Å². The smallest absolute Gasteiger partial charge is 0.272 e. The number of carbonyl (C=O) groups is 1. The van der Waals surface area contributed by atoms with Crippen LogP contribution in [-0.4, -0.2) is 56.4 Å². The number of amides is 1. The maximum absolute atomic E-state index is 12.6. The molecule has 2 fully saturated rings. The normalized spacial score (nSPS) is 22.4. The van der Waals surface area contributed by atoms with Gasteiger partial charge in [-0.05, 0) is 36.3 Å². The minimum Gasteiger partial charge on any atom is -0.377 e. The molecular formula is C18H23N5O2. The molecule has 1 atom stereocenters. The Morgan fingerprint density at radius 2 is 2.08 bits per heavy atom. The zero-order chi connectivity index (χ0) is 17.3. The highest BCUT2D eigenvalue weighted by atomic mass is 16.5. The third kappa shape index (κ3) is 3.28. The van der Waals surface area contributed by atoms with Crippen molar-refractivity contribution in [2.45, 2.75) is 31.8 Å². The molecule has 4 heterocycles. The molecule has 0 bridgehead atoms. The first-order valence-electron chi connectivity index (χ1n) is 8.78. The van der Waals surface area contributed by atoms with Gasteiger partial charge in [-0.1, -0.05) is 0 Å². The summed E-state index contributed by atoms with van der Waals surface area (Å²) < 4.78 is 7.71. The lowest BCUT2D eigenvalue weighted by molar-refractivity contribution is 0.0488. The van der Waals surface area contributed by atoms with Crippen molar-refractivity contribution in [1.82, 2.24) is 24.6 Å². The maximum Gasteiger partial charge on any atom is 0.272 e. The lowest BCUT2D eigenvalue weighted by atomic mass is 9.76. The number of hydrogen-bond donors (Lipinski definition) is 0. The van der Waals surface area contributed by atoms with E-state index in [1.54, 1.807) is 30.3 Å². The third-order valence-electron chi connectivity index (χ3n) is 5.51. The average molecular weight is 341 g/mol. The van der Waals surface area contributed by atoms with Crippen molar-refractivity contribution in [3.05, 3.63) is 42.2 Å². The number of nitrogens with zero attached hydrogens (tertiary/aromatic N) is 5. The summed E-state index contributed by atoms with van der Waals surface area (Å²) in [5.41, 5.74) is 1.98. The average Bonchev–Trinajstić information content (AvgIpc) is 3.23. The Hall–Kier alpha value is -2.28. The maximum atomic E-state index is 12.6. The van der Waals surface area contributed by atoms with Gasteiger partial charge in [0.05, 0.1) is 12.7 Å². The van der Waals surface area contributed by atoms with E-state index >= 15 is 0 Å². The predicted molar refractivity (Wildman–Crippen MR) is 90.9 cm³/mol. The molecule has 0 aliphatic carbocycles. The van der Waals surface area contributed by atoms with Crippen molar-refractivity contribution in [1.29, 1.82) is 0 Å². The van der Waals surface area contributed by atoms with Crippen LogP contribution in [0.15, 0.2) is 31.0 Å². The summed E-state index contributed by atoms with van der Waals surface area (Å²) in [7, 11) is 1.81. The molecule has 7 nitrogen and oxygen atoms in total. The fraction of sp³-hybridized carbons (Fsp3) is 0.556. The number of ether oxygens (including phenoxy) is 1. The number of piperidine rings is 1. The van der Waals surface area contributed by atoms with Gasteiger partial charge in [-0.25, -0.2) is 9.97 Å². The Morgan fingerprint density at radius 3 is 2.76 bits per heavy atom. The predicted octanol–water partition coefficient (Wildman–Crippen LogP) is 1.46. The van der Waals surface area contributed by atoms with E-state index in [-0.39, 0.29) is 17.4 Å². The summed E-state index contributed by atoms with van der Waals surface area (Å²) in [6.45, 7) is 2.36. The molecule has 2 aliphatic rings. The van der Waals surface area contributed by atoms with E-state index in [4.69, 9.17) is 4.74 Å². The number of rotatable bonds is 3. The van der Waals surface area contributed by atoms with Gasteiger partial charge in [0, 0.05) is 45.1 Å². The van der Waals surface area contributed by atoms with Gasteiger partial charge in [-0.2, -0.15) is 5.10 Å². The SMILES string of the molecule is Cn1nccc1C(=O)N1CCC2(CC1)CO[C@@H](Cc1cncnc1)C2. The largest absolute Gasteiger partial charge is 0.377 e. The van der Waals surface area contributed by atoms with Crippen molar-refractivity contribution in [3.63, 3.8) is 0 Å². The van der Waals surface area contributed by atoms with Crippen LogP contribution in [0.2, 0.25) is 0 Å². The molecule has 4 rings (SSSR count). The van der Waals surface area contributed by atoms with E-state index in [0.717, 1.165) is 50.9 Å². The number of aryl methyl sites for hydroxylation is 1. The number of likely N-dealkylation sites (tertiary alicyclic amines) is 1. The zero-order valence-corrected chi connectivity index (χ0v) is 14.5. The second-order valence-electron chi connectivity index (χ2n) is 7.22. The van der Waals surface area contributed by atoms with Gasteiger partial charge in [-0.15, -0.1) is 0 Å². The standard InChI is InChI=1S/C18H23N5O2/c1-22-16(2-5-21-22)17(24)23-6-3-18(4-7-23)9-15(25-12-18)8-14-10-19-13-20-11-14/h2,5,10-11,13,15H,3-4,6-9,12H2,1H3/t15-/m0/s1. The molecule has 0 N–H and O–H groups in total. The highest BCUT2D eigenvalue weighted by Gasteiger charge is 2.43. The van der Waals surface area contributed by atoms with Crippen LogP contribution in [0, 0.1) is 5.41 Å². The van der Waals surface area contributed by atoms with Gasteiger partial charge in [0.15, 0.2) is 0 Å². The van der Waals surface area contributed by atoms with E-state index < -0.39 is 0 Å². The number of aromatic nitrogens is 4. The Kier molecular flexibility index (Phi) is 4.25. The van der Waals surface area contributed by atoms with Crippen molar-refractivity contribution in [2.24, 2.45) is 12.5 Å². The van der Waals surface area contributed by atoms with Gasteiger partial charge < -0.3 is 9.64 Å². The number of hydrogen-bond acceptors (Lipinski definition) is 5. The molecule has 25 heavy (non-hydrogen) atoms. The summed E-state index contributed by atoms with van der Waals surface area (Å²) in [4.78, 5) is 22.7. The quantitative estimate of drug-likeness (QED) is 0.845. The lowest BCUT2D eigenvalue weighted by Crippen LogP contribution is -2.44. The fourth-order valence-electron chi connectivity index (χ4n) is 4.00. The lowest BCUT2D eigenvalue weighted by Gasteiger charge is -2.38. The Morgan fingerprint density at radius 1 is 1.32 bits per heavy atom. The van der Waals surface area contributed by atoms with Crippen molar-refractivity contribution >= 4 is 5.91 Å². The van der Waals surface area contributed by atoms with Gasteiger partial charge in [0.2, 0.25) is 0 Å². The Balaban J connectivity index is 1.34. The molecule has 2 aliphatic heterocycles. The summed E-state index contributed by atoms with van der Waals surface area (Å²) in [6, 6.07) is 1.78. The molecule has 132 valence electrons. The molecule has 7 heteroatoms. The van der Waals surface area contributed by atoms with Crippen LogP contribution in [0.5, 0.6) is 0 Å². The molecule has 0 aromatic carbocycles. The Labute approximate surface area is 147 Å². The first kappa shape index (κ1) is 16.2. The van der Waals surface area contributed by atoms with E-state index in [0.29, 0.717) is 5.69 Å². The van der Waals surface area contributed by atoms with E-state index in [2.05, 4.69) is 15.1 Å². The monoisotopic (exact) mass is 341 g/mol. The first-order chi connectivity index (χ1) is 12.2. The van der Waals surface area contributed by atoms with E-state index in [1.807, 2.05) is 17.3 Å². The van der Waals surface area contributed by atoms with Crippen molar-refractivity contribution in [2.75, 3.05) is 19.7 Å². The van der Waals surface area contributed by atoms with Gasteiger partial charge in [0.1, 0.15) is 12.0 Å². The van der Waals surface area contributed by atoms with Gasteiger partial charge in [0.25, 0.3) is 5.91 Å². The second kappa shape index (κ2) is 6.55. The highest BCUT2D eigenvalue weighted by Crippen LogP contribution is 2.42. The van der Waals surface area contributed by atoms with Crippen LogP contribution >= 0.6 is 0 Å².